The monoisotopic (exact) mass is 512 g/mol. The molecule has 0 N–H and O–H groups in total. The van der Waals surface area contributed by atoms with Gasteiger partial charge in [-0.1, -0.05) is 0 Å². The number of carbonyl (C=O) groups is 2. The summed E-state index contributed by atoms with van der Waals surface area (Å²) >= 11 is 3.90. The molecule has 170 valence electrons. The zero-order valence-corrected chi connectivity index (χ0v) is 19.6. The van der Waals surface area contributed by atoms with Crippen LogP contribution in [0.15, 0.2) is 60.1 Å². The van der Waals surface area contributed by atoms with E-state index in [1.54, 1.807) is 24.3 Å². The van der Waals surface area contributed by atoms with Crippen molar-refractivity contribution in [1.82, 2.24) is 0 Å². The van der Waals surface area contributed by atoms with E-state index in [1.807, 2.05) is 12.1 Å². The molecular formula is C20H14B2F4O4S3. The normalized spacial score (nSPS) is 11.9. The van der Waals surface area contributed by atoms with Crippen LogP contribution in [0.5, 0.6) is 0 Å². The van der Waals surface area contributed by atoms with Gasteiger partial charge in [0.25, 0.3) is 0 Å². The molecule has 0 saturated carbocycles. The highest BCUT2D eigenvalue weighted by Crippen LogP contribution is 2.40. The van der Waals surface area contributed by atoms with Crippen molar-refractivity contribution in [2.45, 2.75) is 13.8 Å². The van der Waals surface area contributed by atoms with E-state index < -0.39 is 26.5 Å². The topological polar surface area (TPSA) is 52.6 Å². The molecule has 3 aromatic heterocycles. The fourth-order valence-electron chi connectivity index (χ4n) is 2.67. The third-order valence-electron chi connectivity index (χ3n) is 4.01. The van der Waals surface area contributed by atoms with Crippen LogP contribution in [0.1, 0.15) is 33.2 Å². The third kappa shape index (κ3) is 6.92. The van der Waals surface area contributed by atoms with Gasteiger partial charge in [0, 0.05) is 31.7 Å². The van der Waals surface area contributed by atoms with Crippen molar-refractivity contribution in [2.75, 3.05) is 0 Å². The average molecular weight is 512 g/mol. The first-order valence-electron chi connectivity index (χ1n) is 9.27. The SMILES string of the molecule is C/C(=C\C(=O)c1ccc(-c2ccc(-c3ccc(C(=O)/C=C(\C)OB(F)F)s3)s2)s1)OB(F)F. The van der Waals surface area contributed by atoms with E-state index in [2.05, 4.69) is 9.31 Å². The molecule has 4 nitrogen and oxygen atoms in total. The Labute approximate surface area is 199 Å². The maximum Gasteiger partial charge on any atom is 0.796 e. The van der Waals surface area contributed by atoms with Crippen molar-refractivity contribution in [3.63, 3.8) is 0 Å². The van der Waals surface area contributed by atoms with E-state index in [-0.39, 0.29) is 11.5 Å². The van der Waals surface area contributed by atoms with Gasteiger partial charge in [-0.3, -0.25) is 9.59 Å². The summed E-state index contributed by atoms with van der Waals surface area (Å²) in [6.45, 7) is 2.57. The van der Waals surface area contributed by atoms with Crippen LogP contribution in [0, 0.1) is 0 Å². The number of ketones is 2. The molecule has 0 fully saturated rings. The second-order valence-electron chi connectivity index (χ2n) is 6.49. The summed E-state index contributed by atoms with van der Waals surface area (Å²) in [5.74, 6) is -1.20. The number of thiophene rings is 3. The summed E-state index contributed by atoms with van der Waals surface area (Å²) < 4.78 is 57.3. The fourth-order valence-corrected chi connectivity index (χ4v) is 5.69. The van der Waals surface area contributed by atoms with Gasteiger partial charge in [-0.2, -0.15) is 0 Å². The van der Waals surface area contributed by atoms with E-state index in [4.69, 9.17) is 0 Å². The summed E-state index contributed by atoms with van der Waals surface area (Å²) in [7, 11) is -5.98. The number of hydrogen-bond acceptors (Lipinski definition) is 7. The van der Waals surface area contributed by atoms with Gasteiger partial charge >= 0.3 is 14.9 Å². The highest BCUT2D eigenvalue weighted by Gasteiger charge is 2.19. The minimum Gasteiger partial charge on any atom is -0.509 e. The smallest absolute Gasteiger partial charge is 0.509 e. The van der Waals surface area contributed by atoms with Gasteiger partial charge in [0.05, 0.1) is 21.3 Å². The van der Waals surface area contributed by atoms with E-state index >= 15 is 0 Å². The maximum atomic E-state index is 12.2. The number of hydrogen-bond donors (Lipinski definition) is 0. The second-order valence-corrected chi connectivity index (χ2v) is 9.74. The van der Waals surface area contributed by atoms with Crippen LogP contribution in [0.25, 0.3) is 19.5 Å². The first kappa shape index (κ1) is 25.0. The van der Waals surface area contributed by atoms with E-state index in [0.717, 1.165) is 31.7 Å². The first-order valence-corrected chi connectivity index (χ1v) is 11.7. The summed E-state index contributed by atoms with van der Waals surface area (Å²) in [6, 6.07) is 10.5. The van der Waals surface area contributed by atoms with Crippen molar-refractivity contribution in [3.05, 3.63) is 69.8 Å². The Morgan fingerprint density at radius 2 is 1.00 bits per heavy atom. The van der Waals surface area contributed by atoms with Crippen LogP contribution in [0.3, 0.4) is 0 Å². The molecule has 0 bridgehead atoms. The lowest BCUT2D eigenvalue weighted by atomic mass is 10.2. The lowest BCUT2D eigenvalue weighted by molar-refractivity contribution is 0.103. The Morgan fingerprint density at radius 3 is 1.36 bits per heavy atom. The number of allylic oxidation sites excluding steroid dienone is 4. The highest BCUT2D eigenvalue weighted by atomic mass is 32.1. The Hall–Kier alpha value is -2.63. The van der Waals surface area contributed by atoms with Crippen molar-refractivity contribution in [2.24, 2.45) is 0 Å². The molecule has 0 radical (unpaired) electrons. The Bertz CT molecular complexity index is 1120. The Morgan fingerprint density at radius 1 is 0.667 bits per heavy atom. The van der Waals surface area contributed by atoms with Gasteiger partial charge in [0.15, 0.2) is 11.6 Å². The van der Waals surface area contributed by atoms with E-state index in [9.17, 15) is 26.9 Å². The highest BCUT2D eigenvalue weighted by molar-refractivity contribution is 7.27. The molecule has 3 heterocycles. The number of halogens is 4. The lowest BCUT2D eigenvalue weighted by Gasteiger charge is -2.00. The van der Waals surface area contributed by atoms with Gasteiger partial charge in [0.2, 0.25) is 0 Å². The van der Waals surface area contributed by atoms with Crippen molar-refractivity contribution >= 4 is 60.5 Å². The van der Waals surface area contributed by atoms with Crippen LogP contribution in [0.4, 0.5) is 17.3 Å². The molecule has 0 atom stereocenters. The molecule has 0 aromatic carbocycles. The van der Waals surface area contributed by atoms with Crippen LogP contribution >= 0.6 is 34.0 Å². The lowest BCUT2D eigenvalue weighted by Crippen LogP contribution is -2.04. The predicted octanol–water partition coefficient (Wildman–Crippen LogP) is 7.26. The molecular weight excluding hydrogens is 498 g/mol. The fraction of sp³-hybridized carbons (Fsp3) is 0.100. The van der Waals surface area contributed by atoms with Crippen LogP contribution in [0.2, 0.25) is 0 Å². The second kappa shape index (κ2) is 11.0. The zero-order chi connectivity index (χ0) is 24.1. The van der Waals surface area contributed by atoms with E-state index in [1.165, 1.54) is 47.9 Å². The standard InChI is InChI=1S/C20H14B2F4O4S3/c1-11(29-21(23)24)9-13(27)15-3-5-17(31-15)19-7-8-20(33-19)18-6-4-16(32-18)14(28)10-12(2)30-22(25)26/h3-10H,1-2H3/b11-9+,12-10+. The third-order valence-corrected chi connectivity index (χ3v) is 7.68. The maximum absolute atomic E-state index is 12.2. The van der Waals surface area contributed by atoms with Crippen LogP contribution in [-0.4, -0.2) is 26.5 Å². The van der Waals surface area contributed by atoms with Gasteiger partial charge in [0.1, 0.15) is 0 Å². The van der Waals surface area contributed by atoms with Gasteiger partial charge < -0.3 is 9.31 Å². The van der Waals surface area contributed by atoms with E-state index in [0.29, 0.717) is 9.75 Å². The summed E-state index contributed by atoms with van der Waals surface area (Å²) in [4.78, 5) is 28.7. The predicted molar refractivity (Wildman–Crippen MR) is 125 cm³/mol. The Kier molecular flexibility index (Phi) is 8.33. The molecule has 33 heavy (non-hydrogen) atoms. The van der Waals surface area contributed by atoms with Gasteiger partial charge in [-0.15, -0.1) is 34.0 Å². The molecule has 13 heteroatoms. The molecule has 0 aliphatic rings. The molecule has 3 rings (SSSR count). The largest absolute Gasteiger partial charge is 0.796 e. The molecule has 0 aliphatic heterocycles. The van der Waals surface area contributed by atoms with Crippen LogP contribution in [-0.2, 0) is 9.31 Å². The quantitative estimate of drug-likeness (QED) is 0.0944. The Balaban J connectivity index is 1.73. The van der Waals surface area contributed by atoms with Crippen molar-refractivity contribution in [3.8, 4) is 19.5 Å². The summed E-state index contributed by atoms with van der Waals surface area (Å²) in [5, 5.41) is 0. The van der Waals surface area contributed by atoms with Crippen molar-refractivity contribution < 1.29 is 36.2 Å². The van der Waals surface area contributed by atoms with Gasteiger partial charge in [-0.05, 0) is 50.2 Å². The zero-order valence-electron chi connectivity index (χ0n) is 17.1. The number of carbonyl (C=O) groups excluding carboxylic acids is 2. The molecule has 0 spiro atoms. The average Bonchev–Trinajstić information content (AvgIpc) is 3.45. The minimum atomic E-state index is -2.99. The minimum absolute atomic E-state index is 0.169. The number of rotatable bonds is 10. The molecule has 3 aromatic rings. The molecule has 0 saturated heterocycles. The first-order chi connectivity index (χ1) is 15.6. The summed E-state index contributed by atoms with van der Waals surface area (Å²) in [5.41, 5.74) is 0. The molecule has 0 unspecified atom stereocenters. The van der Waals surface area contributed by atoms with Gasteiger partial charge in [-0.25, -0.2) is 17.3 Å². The molecule has 0 aliphatic carbocycles. The van der Waals surface area contributed by atoms with Crippen LogP contribution < -0.4 is 0 Å². The summed E-state index contributed by atoms with van der Waals surface area (Å²) in [6.07, 6.45) is 2.04. The molecule has 0 amide bonds. The van der Waals surface area contributed by atoms with Crippen molar-refractivity contribution in [1.29, 1.82) is 0 Å².